The molecule has 0 spiro atoms. The Hall–Kier alpha value is -3.64. The highest BCUT2D eigenvalue weighted by atomic mass is 35.5. The first kappa shape index (κ1) is 22.1. The van der Waals surface area contributed by atoms with Gasteiger partial charge in [-0.3, -0.25) is 4.79 Å². The number of hydrogen-bond donors (Lipinski definition) is 0. The molecular formula is C24H18ClFO5. The number of esters is 1. The molecule has 0 aliphatic heterocycles. The number of allylic oxidation sites excluding steroid dienone is 1. The summed E-state index contributed by atoms with van der Waals surface area (Å²) in [5, 5.41) is 0.310. The molecule has 158 valence electrons. The number of benzene rings is 3. The quantitative estimate of drug-likeness (QED) is 0.207. The van der Waals surface area contributed by atoms with E-state index in [1.165, 1.54) is 81.0 Å². The number of carbonyl (C=O) groups is 2. The molecule has 0 aliphatic carbocycles. The molecule has 0 fully saturated rings. The van der Waals surface area contributed by atoms with Crippen LogP contribution in [0, 0.1) is 5.82 Å². The molecule has 0 amide bonds. The fourth-order valence-corrected chi connectivity index (χ4v) is 2.91. The molecule has 0 heterocycles. The van der Waals surface area contributed by atoms with E-state index in [0.717, 1.165) is 0 Å². The molecule has 0 bridgehead atoms. The molecule has 3 aromatic carbocycles. The zero-order valence-corrected chi connectivity index (χ0v) is 17.5. The van der Waals surface area contributed by atoms with E-state index in [2.05, 4.69) is 0 Å². The van der Waals surface area contributed by atoms with Crippen LogP contribution in [0.15, 0.2) is 66.7 Å². The lowest BCUT2D eigenvalue weighted by atomic mass is 10.1. The molecule has 0 atom stereocenters. The van der Waals surface area contributed by atoms with Crippen molar-refractivity contribution < 1.29 is 28.2 Å². The summed E-state index contributed by atoms with van der Waals surface area (Å²) in [6.07, 6.45) is 2.83. The van der Waals surface area contributed by atoms with E-state index < -0.39 is 11.8 Å². The van der Waals surface area contributed by atoms with Crippen molar-refractivity contribution in [2.45, 2.75) is 0 Å². The van der Waals surface area contributed by atoms with E-state index in [1.54, 1.807) is 6.07 Å². The van der Waals surface area contributed by atoms with Crippen molar-refractivity contribution in [2.24, 2.45) is 0 Å². The van der Waals surface area contributed by atoms with Crippen molar-refractivity contribution in [3.05, 3.63) is 94.3 Å². The topological polar surface area (TPSA) is 61.8 Å². The minimum absolute atomic E-state index is 0.0536. The first-order valence-electron chi connectivity index (χ1n) is 9.13. The number of carbonyl (C=O) groups excluding carboxylic acids is 2. The van der Waals surface area contributed by atoms with Gasteiger partial charge in [-0.05, 0) is 60.2 Å². The third kappa shape index (κ3) is 5.49. The van der Waals surface area contributed by atoms with Crippen LogP contribution >= 0.6 is 11.6 Å². The fourth-order valence-electron chi connectivity index (χ4n) is 2.74. The molecule has 7 heteroatoms. The van der Waals surface area contributed by atoms with Crippen molar-refractivity contribution in [1.82, 2.24) is 0 Å². The Morgan fingerprint density at radius 2 is 1.55 bits per heavy atom. The van der Waals surface area contributed by atoms with Crippen LogP contribution in [0.5, 0.6) is 17.2 Å². The van der Waals surface area contributed by atoms with Crippen molar-refractivity contribution in [3.8, 4) is 17.2 Å². The van der Waals surface area contributed by atoms with Crippen molar-refractivity contribution in [1.29, 1.82) is 0 Å². The minimum Gasteiger partial charge on any atom is -0.493 e. The van der Waals surface area contributed by atoms with Gasteiger partial charge in [0.05, 0.1) is 25.3 Å². The number of ketones is 1. The van der Waals surface area contributed by atoms with Crippen LogP contribution in [0.3, 0.4) is 0 Å². The number of ether oxygens (including phenoxy) is 3. The van der Waals surface area contributed by atoms with Gasteiger partial charge in [-0.15, -0.1) is 0 Å². The van der Waals surface area contributed by atoms with Crippen molar-refractivity contribution in [3.63, 3.8) is 0 Å². The highest BCUT2D eigenvalue weighted by Crippen LogP contribution is 2.29. The van der Waals surface area contributed by atoms with Gasteiger partial charge in [0.25, 0.3) is 0 Å². The molecule has 3 rings (SSSR count). The van der Waals surface area contributed by atoms with Crippen LogP contribution in [0.2, 0.25) is 5.02 Å². The number of halogens is 2. The molecule has 0 aromatic heterocycles. The lowest BCUT2D eigenvalue weighted by Crippen LogP contribution is -2.11. The van der Waals surface area contributed by atoms with Crippen LogP contribution in [0.4, 0.5) is 4.39 Å². The SMILES string of the molecule is COc1ccc(C(=O)Oc2ccc(Cl)cc2C(=O)/C=C/c2ccc(F)cc2)cc1OC. The Morgan fingerprint density at radius 1 is 0.871 bits per heavy atom. The van der Waals surface area contributed by atoms with Crippen LogP contribution in [-0.4, -0.2) is 26.0 Å². The van der Waals surface area contributed by atoms with Gasteiger partial charge in [-0.1, -0.05) is 29.8 Å². The fraction of sp³-hybridized carbons (Fsp3) is 0.0833. The summed E-state index contributed by atoms with van der Waals surface area (Å²) >= 11 is 6.03. The third-order valence-electron chi connectivity index (χ3n) is 4.33. The second-order valence-corrected chi connectivity index (χ2v) is 6.79. The highest BCUT2D eigenvalue weighted by Gasteiger charge is 2.17. The predicted octanol–water partition coefficient (Wildman–Crippen LogP) is 5.61. The average molecular weight is 441 g/mol. The Balaban J connectivity index is 1.85. The minimum atomic E-state index is -0.681. The lowest BCUT2D eigenvalue weighted by Gasteiger charge is -2.11. The second kappa shape index (κ2) is 9.91. The lowest BCUT2D eigenvalue weighted by molar-refractivity contribution is 0.0732. The zero-order chi connectivity index (χ0) is 22.4. The van der Waals surface area contributed by atoms with E-state index in [9.17, 15) is 14.0 Å². The number of methoxy groups -OCH3 is 2. The smallest absolute Gasteiger partial charge is 0.343 e. The molecule has 0 unspecified atom stereocenters. The normalized spacial score (nSPS) is 10.7. The summed E-state index contributed by atoms with van der Waals surface area (Å²) in [5.41, 5.74) is 0.966. The van der Waals surface area contributed by atoms with Crippen LogP contribution in [0.1, 0.15) is 26.3 Å². The van der Waals surface area contributed by atoms with Crippen molar-refractivity contribution >= 4 is 29.4 Å². The first-order valence-corrected chi connectivity index (χ1v) is 9.51. The molecule has 0 aliphatic rings. The highest BCUT2D eigenvalue weighted by molar-refractivity contribution is 6.31. The van der Waals surface area contributed by atoms with Gasteiger partial charge >= 0.3 is 5.97 Å². The Labute approximate surface area is 183 Å². The molecule has 0 N–H and O–H groups in total. The van der Waals surface area contributed by atoms with Gasteiger partial charge in [-0.25, -0.2) is 9.18 Å². The summed E-state index contributed by atoms with van der Waals surface area (Å²) in [6, 6.07) is 14.6. The molecule has 0 radical (unpaired) electrons. The standard InChI is InChI=1S/C24H18ClFO5/c1-29-22-11-6-16(13-23(22)30-2)24(28)31-21-12-7-17(25)14-19(21)20(27)10-5-15-3-8-18(26)9-4-15/h3-14H,1-2H3/b10-5+. The van der Waals surface area contributed by atoms with E-state index in [-0.39, 0.29) is 22.7 Å². The summed E-state index contributed by atoms with van der Waals surface area (Å²) in [7, 11) is 2.94. The molecule has 0 saturated heterocycles. The predicted molar refractivity (Wildman–Crippen MR) is 116 cm³/mol. The van der Waals surface area contributed by atoms with E-state index in [1.807, 2.05) is 0 Å². The Kier molecular flexibility index (Phi) is 7.05. The second-order valence-electron chi connectivity index (χ2n) is 6.35. The summed E-state index contributed by atoms with van der Waals surface area (Å²) in [6.45, 7) is 0. The maximum absolute atomic E-state index is 13.0. The van der Waals surface area contributed by atoms with Gasteiger partial charge in [0.1, 0.15) is 11.6 Å². The molecule has 3 aromatic rings. The van der Waals surface area contributed by atoms with Gasteiger partial charge < -0.3 is 14.2 Å². The largest absolute Gasteiger partial charge is 0.493 e. The molecule has 5 nitrogen and oxygen atoms in total. The summed E-state index contributed by atoms with van der Waals surface area (Å²) in [5.74, 6) is -0.596. The maximum Gasteiger partial charge on any atom is 0.343 e. The van der Waals surface area contributed by atoms with Gasteiger partial charge in [0, 0.05) is 5.02 Å². The maximum atomic E-state index is 13.0. The van der Waals surface area contributed by atoms with Gasteiger partial charge in [0.2, 0.25) is 0 Å². The van der Waals surface area contributed by atoms with Crippen LogP contribution < -0.4 is 14.2 Å². The summed E-state index contributed by atoms with van der Waals surface area (Å²) < 4.78 is 28.8. The molecule has 0 saturated carbocycles. The number of rotatable bonds is 7. The van der Waals surface area contributed by atoms with E-state index in [0.29, 0.717) is 22.1 Å². The average Bonchev–Trinajstić information content (AvgIpc) is 2.79. The van der Waals surface area contributed by atoms with Gasteiger partial charge in [0.15, 0.2) is 17.3 Å². The summed E-state index contributed by atoms with van der Waals surface area (Å²) in [4.78, 5) is 25.3. The molecule has 31 heavy (non-hydrogen) atoms. The van der Waals surface area contributed by atoms with E-state index >= 15 is 0 Å². The Morgan fingerprint density at radius 3 is 2.23 bits per heavy atom. The first-order chi connectivity index (χ1) is 14.9. The monoisotopic (exact) mass is 440 g/mol. The van der Waals surface area contributed by atoms with E-state index in [4.69, 9.17) is 25.8 Å². The van der Waals surface area contributed by atoms with Crippen LogP contribution in [-0.2, 0) is 0 Å². The third-order valence-corrected chi connectivity index (χ3v) is 4.56. The van der Waals surface area contributed by atoms with Crippen LogP contribution in [0.25, 0.3) is 6.08 Å². The van der Waals surface area contributed by atoms with Gasteiger partial charge in [-0.2, -0.15) is 0 Å². The number of hydrogen-bond acceptors (Lipinski definition) is 5. The molecular weight excluding hydrogens is 423 g/mol. The zero-order valence-electron chi connectivity index (χ0n) is 16.7. The van der Waals surface area contributed by atoms with Crippen molar-refractivity contribution in [2.75, 3.05) is 14.2 Å². The Bertz CT molecular complexity index is 1140.